The quantitative estimate of drug-likeness (QED) is 0.484. The van der Waals surface area contributed by atoms with Crippen molar-refractivity contribution in [3.63, 3.8) is 0 Å². The summed E-state index contributed by atoms with van der Waals surface area (Å²) >= 11 is 0. The molecule has 0 heterocycles. The fraction of sp³-hybridized carbons (Fsp3) is 0.667. The standard InChI is InChI=1S/C15H27N3O4/c1-11(2)9-12(19)16-7-6-8-17-13(20)10-18-14(21)22-15(3,4)5/h9H,6-8,10H2,1-5H3,(H,16,19)(H,17,20)(H,18,21). The van der Waals surface area contributed by atoms with E-state index < -0.39 is 11.7 Å². The molecule has 3 amide bonds. The fourth-order valence-electron chi connectivity index (χ4n) is 1.37. The predicted molar refractivity (Wildman–Crippen MR) is 84.3 cm³/mol. The Labute approximate surface area is 131 Å². The van der Waals surface area contributed by atoms with E-state index in [1.807, 2.05) is 13.8 Å². The smallest absolute Gasteiger partial charge is 0.408 e. The topological polar surface area (TPSA) is 96.5 Å². The lowest BCUT2D eigenvalue weighted by Crippen LogP contribution is -2.40. The van der Waals surface area contributed by atoms with Crippen molar-refractivity contribution in [3.8, 4) is 0 Å². The lowest BCUT2D eigenvalue weighted by molar-refractivity contribution is -0.120. The Balaban J connectivity index is 3.69. The van der Waals surface area contributed by atoms with Crippen LogP contribution >= 0.6 is 0 Å². The van der Waals surface area contributed by atoms with Crippen molar-refractivity contribution in [2.24, 2.45) is 0 Å². The lowest BCUT2D eigenvalue weighted by atomic mass is 10.2. The monoisotopic (exact) mass is 313 g/mol. The molecule has 0 fully saturated rings. The number of alkyl carbamates (subject to hydrolysis) is 1. The van der Waals surface area contributed by atoms with Crippen LogP contribution in [0.1, 0.15) is 41.0 Å². The van der Waals surface area contributed by atoms with Gasteiger partial charge in [-0.3, -0.25) is 9.59 Å². The van der Waals surface area contributed by atoms with Crippen LogP contribution < -0.4 is 16.0 Å². The number of nitrogens with one attached hydrogen (secondary N) is 3. The molecule has 0 aromatic heterocycles. The molecule has 0 radical (unpaired) electrons. The summed E-state index contributed by atoms with van der Waals surface area (Å²) in [6, 6.07) is 0. The number of carbonyl (C=O) groups is 3. The van der Waals surface area contributed by atoms with Crippen LogP contribution in [0.3, 0.4) is 0 Å². The molecule has 0 rings (SSSR count). The zero-order valence-corrected chi connectivity index (χ0v) is 14.0. The molecular formula is C15H27N3O4. The molecule has 126 valence electrons. The molecule has 0 aliphatic heterocycles. The van der Waals surface area contributed by atoms with Gasteiger partial charge in [0.2, 0.25) is 11.8 Å². The number of ether oxygens (including phenoxy) is 1. The van der Waals surface area contributed by atoms with Crippen LogP contribution in [0, 0.1) is 0 Å². The molecule has 0 aliphatic rings. The highest BCUT2D eigenvalue weighted by Gasteiger charge is 2.16. The van der Waals surface area contributed by atoms with Crippen molar-refractivity contribution >= 4 is 17.9 Å². The van der Waals surface area contributed by atoms with Crippen LogP contribution in [0.15, 0.2) is 11.6 Å². The third kappa shape index (κ3) is 13.0. The maximum absolute atomic E-state index is 11.5. The number of hydrogen-bond acceptors (Lipinski definition) is 4. The van der Waals surface area contributed by atoms with E-state index in [0.717, 1.165) is 5.57 Å². The van der Waals surface area contributed by atoms with E-state index in [-0.39, 0.29) is 18.4 Å². The molecule has 0 bridgehead atoms. The molecule has 22 heavy (non-hydrogen) atoms. The maximum atomic E-state index is 11.5. The van der Waals surface area contributed by atoms with Crippen LogP contribution in [0.25, 0.3) is 0 Å². The van der Waals surface area contributed by atoms with Crippen LogP contribution in [-0.4, -0.2) is 43.1 Å². The van der Waals surface area contributed by atoms with Gasteiger partial charge in [-0.1, -0.05) is 5.57 Å². The van der Waals surface area contributed by atoms with Gasteiger partial charge in [0.1, 0.15) is 5.60 Å². The summed E-state index contributed by atoms with van der Waals surface area (Å²) in [6.07, 6.45) is 1.50. The molecule has 3 N–H and O–H groups in total. The summed E-state index contributed by atoms with van der Waals surface area (Å²) in [4.78, 5) is 34.1. The summed E-state index contributed by atoms with van der Waals surface area (Å²) in [7, 11) is 0. The van der Waals surface area contributed by atoms with Crippen molar-refractivity contribution < 1.29 is 19.1 Å². The van der Waals surface area contributed by atoms with Gasteiger partial charge in [-0.05, 0) is 41.0 Å². The first-order valence-electron chi connectivity index (χ1n) is 7.26. The maximum Gasteiger partial charge on any atom is 0.408 e. The summed E-state index contributed by atoms with van der Waals surface area (Å²) in [5.74, 6) is -0.445. The first-order chi connectivity index (χ1) is 10.1. The van der Waals surface area contributed by atoms with Crippen LogP contribution in [0.4, 0.5) is 4.79 Å². The molecule has 0 unspecified atom stereocenters. The third-order valence-electron chi connectivity index (χ3n) is 2.19. The van der Waals surface area contributed by atoms with Crippen molar-refractivity contribution in [2.45, 2.75) is 46.6 Å². The van der Waals surface area contributed by atoms with Crippen molar-refractivity contribution in [1.82, 2.24) is 16.0 Å². The first-order valence-corrected chi connectivity index (χ1v) is 7.26. The third-order valence-corrected chi connectivity index (χ3v) is 2.19. The summed E-state index contributed by atoms with van der Waals surface area (Å²) in [5.41, 5.74) is 0.336. The molecule has 0 aliphatic carbocycles. The van der Waals surface area contributed by atoms with Gasteiger partial charge >= 0.3 is 6.09 Å². The SMILES string of the molecule is CC(C)=CC(=O)NCCCNC(=O)CNC(=O)OC(C)(C)C. The van der Waals surface area contributed by atoms with Gasteiger partial charge in [-0.25, -0.2) is 4.79 Å². The van der Waals surface area contributed by atoms with E-state index in [1.54, 1.807) is 20.8 Å². The average molecular weight is 313 g/mol. The van der Waals surface area contributed by atoms with Gasteiger partial charge in [0, 0.05) is 19.2 Å². The summed E-state index contributed by atoms with van der Waals surface area (Å²) < 4.78 is 5.01. The summed E-state index contributed by atoms with van der Waals surface area (Å²) in [6.45, 7) is 9.68. The average Bonchev–Trinajstić information content (AvgIpc) is 2.33. The number of hydrogen-bond donors (Lipinski definition) is 3. The van der Waals surface area contributed by atoms with Crippen LogP contribution in [0.2, 0.25) is 0 Å². The molecule has 7 heteroatoms. The zero-order chi connectivity index (χ0) is 17.2. The van der Waals surface area contributed by atoms with Crippen LogP contribution in [0.5, 0.6) is 0 Å². The lowest BCUT2D eigenvalue weighted by Gasteiger charge is -2.19. The second kappa shape index (κ2) is 9.81. The van der Waals surface area contributed by atoms with Crippen molar-refractivity contribution in [1.29, 1.82) is 0 Å². The Morgan fingerprint density at radius 1 is 1.00 bits per heavy atom. The first kappa shape index (κ1) is 19.9. The van der Waals surface area contributed by atoms with Gasteiger partial charge in [0.15, 0.2) is 0 Å². The minimum atomic E-state index is -0.628. The molecular weight excluding hydrogens is 286 g/mol. The zero-order valence-electron chi connectivity index (χ0n) is 14.0. The van der Waals surface area contributed by atoms with Crippen molar-refractivity contribution in [3.05, 3.63) is 11.6 Å². The highest BCUT2D eigenvalue weighted by Crippen LogP contribution is 2.05. The number of allylic oxidation sites excluding steroid dienone is 1. The minimum Gasteiger partial charge on any atom is -0.444 e. The molecule has 0 atom stereocenters. The van der Waals surface area contributed by atoms with Crippen molar-refractivity contribution in [2.75, 3.05) is 19.6 Å². The predicted octanol–water partition coefficient (Wildman–Crippen LogP) is 1.10. The Bertz CT molecular complexity index is 421. The molecule has 0 aromatic carbocycles. The van der Waals surface area contributed by atoms with E-state index in [2.05, 4.69) is 16.0 Å². The molecule has 7 nitrogen and oxygen atoms in total. The highest BCUT2D eigenvalue weighted by molar-refractivity contribution is 5.88. The Kier molecular flexibility index (Phi) is 8.89. The van der Waals surface area contributed by atoms with E-state index in [4.69, 9.17) is 4.74 Å². The van der Waals surface area contributed by atoms with E-state index in [9.17, 15) is 14.4 Å². The van der Waals surface area contributed by atoms with Gasteiger partial charge < -0.3 is 20.7 Å². The van der Waals surface area contributed by atoms with E-state index in [1.165, 1.54) is 6.08 Å². The van der Waals surface area contributed by atoms with E-state index >= 15 is 0 Å². The molecule has 0 spiro atoms. The Hall–Kier alpha value is -2.05. The Morgan fingerprint density at radius 3 is 2.14 bits per heavy atom. The largest absolute Gasteiger partial charge is 0.444 e. The summed E-state index contributed by atoms with van der Waals surface area (Å²) in [5, 5.41) is 7.72. The molecule has 0 saturated carbocycles. The van der Waals surface area contributed by atoms with Gasteiger partial charge in [0.25, 0.3) is 0 Å². The van der Waals surface area contributed by atoms with Gasteiger partial charge in [-0.2, -0.15) is 0 Å². The number of rotatable bonds is 7. The van der Waals surface area contributed by atoms with Gasteiger partial charge in [-0.15, -0.1) is 0 Å². The normalized spacial score (nSPS) is 10.4. The Morgan fingerprint density at radius 2 is 1.59 bits per heavy atom. The number of amides is 3. The second-order valence-electron chi connectivity index (χ2n) is 6.07. The van der Waals surface area contributed by atoms with Crippen LogP contribution in [-0.2, 0) is 14.3 Å². The highest BCUT2D eigenvalue weighted by atomic mass is 16.6. The fourth-order valence-corrected chi connectivity index (χ4v) is 1.37. The van der Waals surface area contributed by atoms with Gasteiger partial charge in [0.05, 0.1) is 6.54 Å². The minimum absolute atomic E-state index is 0.140. The number of carbonyl (C=O) groups excluding carboxylic acids is 3. The molecule has 0 aromatic rings. The van der Waals surface area contributed by atoms with E-state index in [0.29, 0.717) is 19.5 Å². The molecule has 0 saturated heterocycles. The second-order valence-corrected chi connectivity index (χ2v) is 6.07.